The van der Waals surface area contributed by atoms with Crippen molar-refractivity contribution in [3.63, 3.8) is 0 Å². The third kappa shape index (κ3) is 19.2. The van der Waals surface area contributed by atoms with Crippen molar-refractivity contribution in [1.82, 2.24) is 0 Å². The number of hydrogen-bond acceptors (Lipinski definition) is 3. The van der Waals surface area contributed by atoms with Crippen LogP contribution >= 0.6 is 0 Å². The van der Waals surface area contributed by atoms with Gasteiger partial charge < -0.3 is 0 Å². The number of hydrogen-bond donors (Lipinski definition) is 0. The lowest BCUT2D eigenvalue weighted by atomic mass is 10.1. The first-order valence-corrected chi connectivity index (χ1v) is 18.3. The molecule has 0 aromatic heterocycles. The van der Waals surface area contributed by atoms with Crippen LogP contribution in [0.15, 0.2) is 127 Å². The average Bonchev–Trinajstić information content (AvgIpc) is 3.14. The molecule has 0 atom stereocenters. The van der Waals surface area contributed by atoms with Gasteiger partial charge in [-0.25, -0.2) is 0 Å². The van der Waals surface area contributed by atoms with Gasteiger partial charge in [-0.1, -0.05) is 149 Å². The highest BCUT2D eigenvalue weighted by atomic mass is 16.1. The molecule has 0 saturated heterocycles. The zero-order chi connectivity index (χ0) is 40.6. The van der Waals surface area contributed by atoms with Crippen LogP contribution in [0.25, 0.3) is 0 Å². The largest absolute Gasteiger partial charge is 0.298 e. The van der Waals surface area contributed by atoms with E-state index in [4.69, 9.17) is 0 Å². The van der Waals surface area contributed by atoms with Crippen molar-refractivity contribution in [1.29, 1.82) is 0 Å². The van der Waals surface area contributed by atoms with Crippen molar-refractivity contribution in [3.8, 4) is 0 Å². The van der Waals surface area contributed by atoms with Crippen molar-refractivity contribution in [2.24, 2.45) is 0 Å². The Labute approximate surface area is 326 Å². The van der Waals surface area contributed by atoms with E-state index >= 15 is 0 Å². The molecule has 6 aromatic rings. The second kappa shape index (κ2) is 25.3. The molecule has 0 aliphatic carbocycles. The summed E-state index contributed by atoms with van der Waals surface area (Å²) in [5.74, 6) is 0. The second-order valence-electron chi connectivity index (χ2n) is 13.8. The van der Waals surface area contributed by atoms with Crippen LogP contribution in [0.1, 0.15) is 97.8 Å². The molecule has 0 bridgehead atoms. The maximum absolute atomic E-state index is 10.4. The van der Waals surface area contributed by atoms with Crippen LogP contribution in [-0.2, 0) is 0 Å². The number of carbonyl (C=O) groups is 3. The van der Waals surface area contributed by atoms with Gasteiger partial charge in [-0.15, -0.1) is 0 Å². The lowest BCUT2D eigenvalue weighted by molar-refractivity contribution is 0.111. The molecular weight excluding hydrogens is 661 g/mol. The highest BCUT2D eigenvalue weighted by molar-refractivity contribution is 5.78. The minimum Gasteiger partial charge on any atom is -0.298 e. The smallest absolute Gasteiger partial charge is 0.150 e. The number of rotatable bonds is 3. The maximum atomic E-state index is 10.4. The van der Waals surface area contributed by atoms with Crippen molar-refractivity contribution in [2.45, 2.75) is 83.1 Å². The molecule has 6 aromatic carbocycles. The lowest BCUT2D eigenvalue weighted by Gasteiger charge is -1.97. The number of carbonyl (C=O) groups excluding carboxylic acids is 3. The van der Waals surface area contributed by atoms with Crippen molar-refractivity contribution < 1.29 is 14.4 Å². The Bertz CT molecular complexity index is 1970. The van der Waals surface area contributed by atoms with E-state index in [1.54, 1.807) is 0 Å². The van der Waals surface area contributed by atoms with E-state index in [9.17, 15) is 14.4 Å². The summed E-state index contributed by atoms with van der Waals surface area (Å²) in [4.78, 5) is 31.0. The summed E-state index contributed by atoms with van der Waals surface area (Å²) in [6.07, 6.45) is 2.64. The molecule has 0 saturated carbocycles. The van der Waals surface area contributed by atoms with E-state index in [0.29, 0.717) is 0 Å². The summed E-state index contributed by atoms with van der Waals surface area (Å²) >= 11 is 0. The Kier molecular flexibility index (Phi) is 21.7. The predicted octanol–water partition coefficient (Wildman–Crippen LogP) is 13.3. The van der Waals surface area contributed by atoms with Gasteiger partial charge >= 0.3 is 0 Å². The van der Waals surface area contributed by atoms with Crippen LogP contribution in [-0.4, -0.2) is 18.9 Å². The van der Waals surface area contributed by atoms with E-state index in [1.807, 2.05) is 96.1 Å². The fourth-order valence-electron chi connectivity index (χ4n) is 4.79. The second-order valence-corrected chi connectivity index (χ2v) is 13.8. The molecule has 54 heavy (non-hydrogen) atoms. The fraction of sp³-hybridized carbons (Fsp3) is 0.235. The molecular formula is C51H60O3. The summed E-state index contributed by atoms with van der Waals surface area (Å²) in [6.45, 7) is 24.5. The van der Waals surface area contributed by atoms with Crippen molar-refractivity contribution in [2.75, 3.05) is 0 Å². The van der Waals surface area contributed by atoms with Gasteiger partial charge in [-0.3, -0.25) is 14.4 Å². The Morgan fingerprint density at radius 1 is 0.278 bits per heavy atom. The number of aldehydes is 3. The highest BCUT2D eigenvalue weighted by Gasteiger charge is 1.95. The first-order valence-electron chi connectivity index (χ1n) is 18.3. The van der Waals surface area contributed by atoms with Gasteiger partial charge in [-0.2, -0.15) is 0 Å². The van der Waals surface area contributed by atoms with Crippen molar-refractivity contribution >= 4 is 18.9 Å². The van der Waals surface area contributed by atoms with Gasteiger partial charge in [0.1, 0.15) is 18.9 Å². The molecule has 3 nitrogen and oxygen atoms in total. The molecule has 0 aliphatic rings. The molecule has 0 heterocycles. The number of aryl methyl sites for hydroxylation is 12. The van der Waals surface area contributed by atoms with E-state index in [-0.39, 0.29) is 0 Å². The first-order chi connectivity index (χ1) is 25.6. The standard InChI is InChI=1S/3C9H10O.3C8H10/c1-7-3-4-9(6-10)5-8(7)2;1-7-3-4-9(6-10)8(2)5-7;1-7-3-4-8(2)9(5-7)6-10;1-7-3-5-8(2)6-4-7;1-7-4-3-5-8(2)6-7;1-7-5-3-4-6-8(7)2/h3*3-6H,1-2H3;3*3-6H,1-2H3. The van der Waals surface area contributed by atoms with Gasteiger partial charge in [0, 0.05) is 16.7 Å². The summed E-state index contributed by atoms with van der Waals surface area (Å²) in [5.41, 5.74) is 17.2. The minimum atomic E-state index is 0.753. The summed E-state index contributed by atoms with van der Waals surface area (Å²) in [5, 5.41) is 0. The fourth-order valence-corrected chi connectivity index (χ4v) is 4.79. The Balaban J connectivity index is 0.000000325. The zero-order valence-electron chi connectivity index (χ0n) is 34.6. The van der Waals surface area contributed by atoms with Gasteiger partial charge in [-0.05, 0) is 129 Å². The molecule has 0 aliphatic heterocycles. The van der Waals surface area contributed by atoms with Crippen LogP contribution in [0.4, 0.5) is 0 Å². The SMILES string of the molecule is Cc1ccc(C)c(C=O)c1.Cc1ccc(C)cc1.Cc1ccc(C=O)c(C)c1.Cc1ccc(C=O)cc1C.Cc1cccc(C)c1.Cc1ccccc1C. The molecule has 282 valence electrons. The predicted molar refractivity (Wildman–Crippen MR) is 232 cm³/mol. The zero-order valence-corrected chi connectivity index (χ0v) is 34.6. The third-order valence-corrected chi connectivity index (χ3v) is 8.60. The Morgan fingerprint density at radius 2 is 0.704 bits per heavy atom. The molecule has 0 N–H and O–H groups in total. The van der Waals surface area contributed by atoms with E-state index < -0.39 is 0 Å². The van der Waals surface area contributed by atoms with Gasteiger partial charge in [0.25, 0.3) is 0 Å². The van der Waals surface area contributed by atoms with Crippen LogP contribution < -0.4 is 0 Å². The third-order valence-electron chi connectivity index (χ3n) is 8.60. The highest BCUT2D eigenvalue weighted by Crippen LogP contribution is 2.09. The lowest BCUT2D eigenvalue weighted by Crippen LogP contribution is -1.85. The van der Waals surface area contributed by atoms with Crippen LogP contribution in [0.2, 0.25) is 0 Å². The summed E-state index contributed by atoms with van der Waals surface area (Å²) in [7, 11) is 0. The minimum absolute atomic E-state index is 0.753. The molecule has 0 unspecified atom stereocenters. The average molecular weight is 721 g/mol. The van der Waals surface area contributed by atoms with E-state index in [2.05, 4.69) is 114 Å². The monoisotopic (exact) mass is 720 g/mol. The van der Waals surface area contributed by atoms with Gasteiger partial charge in [0.05, 0.1) is 0 Å². The van der Waals surface area contributed by atoms with Crippen LogP contribution in [0, 0.1) is 83.1 Å². The molecule has 6 rings (SSSR count). The van der Waals surface area contributed by atoms with Gasteiger partial charge in [0.15, 0.2) is 0 Å². The Morgan fingerprint density at radius 3 is 1.09 bits per heavy atom. The molecule has 0 fully saturated rings. The first kappa shape index (κ1) is 46.4. The van der Waals surface area contributed by atoms with E-state index in [1.165, 1.54) is 50.1 Å². The summed E-state index contributed by atoms with van der Waals surface area (Å²) in [6, 6.07) is 42.6. The maximum Gasteiger partial charge on any atom is 0.150 e. The quantitative estimate of drug-likeness (QED) is 0.171. The van der Waals surface area contributed by atoms with E-state index in [0.717, 1.165) is 52.2 Å². The molecule has 0 amide bonds. The molecule has 0 radical (unpaired) electrons. The Hall–Kier alpha value is -5.67. The normalized spacial score (nSPS) is 9.33. The van der Waals surface area contributed by atoms with Crippen LogP contribution in [0.3, 0.4) is 0 Å². The summed E-state index contributed by atoms with van der Waals surface area (Å²) < 4.78 is 0. The molecule has 0 spiro atoms. The topological polar surface area (TPSA) is 51.2 Å². The van der Waals surface area contributed by atoms with Gasteiger partial charge in [0.2, 0.25) is 0 Å². The van der Waals surface area contributed by atoms with Crippen molar-refractivity contribution in [3.05, 3.63) is 211 Å². The number of benzene rings is 6. The molecule has 3 heteroatoms. The van der Waals surface area contributed by atoms with Crippen LogP contribution in [0.5, 0.6) is 0 Å².